The summed E-state index contributed by atoms with van der Waals surface area (Å²) in [7, 11) is 0. The van der Waals surface area contributed by atoms with E-state index in [9.17, 15) is 20.4 Å². The van der Waals surface area contributed by atoms with Crippen molar-refractivity contribution in [1.29, 1.82) is 10.5 Å². The van der Waals surface area contributed by atoms with Gasteiger partial charge < -0.3 is 20.4 Å². The molecule has 0 amide bonds. The summed E-state index contributed by atoms with van der Waals surface area (Å²) in [5.41, 5.74) is 0. The zero-order chi connectivity index (χ0) is 19.7. The molecule has 0 rings (SSSR count). The molecule has 0 aromatic heterocycles. The standard InChI is InChI=1S/4C3H7O.2C2H3N.Ti/c4*1-3(2)4;2*1-2-3;/h4*3H,1-2H3;2*1H3;/q4*-1;;;+4. The Morgan fingerprint density at radius 2 is 0.522 bits per heavy atom. The van der Waals surface area contributed by atoms with E-state index in [2.05, 4.69) is 0 Å². The zero-order valence-electron chi connectivity index (χ0n) is 16.3. The molecule has 0 N–H and O–H groups in total. The van der Waals surface area contributed by atoms with E-state index in [-0.39, 0.29) is 21.7 Å². The van der Waals surface area contributed by atoms with Crippen molar-refractivity contribution in [2.45, 2.75) is 93.7 Å². The Labute approximate surface area is 158 Å². The van der Waals surface area contributed by atoms with Crippen LogP contribution in [0.5, 0.6) is 0 Å². The summed E-state index contributed by atoms with van der Waals surface area (Å²) < 4.78 is 0. The van der Waals surface area contributed by atoms with Gasteiger partial charge in [0, 0.05) is 13.8 Å². The molecular weight excluding hydrogens is 332 g/mol. The number of nitriles is 2. The maximum absolute atomic E-state index is 9.53. The Bertz CT molecular complexity index is 176. The molecule has 0 aliphatic carbocycles. The van der Waals surface area contributed by atoms with Gasteiger partial charge in [-0.05, 0) is 0 Å². The van der Waals surface area contributed by atoms with Gasteiger partial charge in [0.15, 0.2) is 0 Å². The molecule has 136 valence electrons. The molecule has 0 aliphatic heterocycles. The summed E-state index contributed by atoms with van der Waals surface area (Å²) in [6.45, 7) is 15.7. The number of hydrogen-bond donors (Lipinski definition) is 0. The van der Waals surface area contributed by atoms with Crippen LogP contribution < -0.4 is 20.4 Å². The first-order valence-corrected chi connectivity index (χ1v) is 7.01. The van der Waals surface area contributed by atoms with E-state index in [1.807, 2.05) is 0 Å². The third-order valence-corrected chi connectivity index (χ3v) is 0. The fraction of sp³-hybridized carbons (Fsp3) is 0.875. The predicted molar refractivity (Wildman–Crippen MR) is 83.1 cm³/mol. The molecule has 7 heteroatoms. The average molecular weight is 366 g/mol. The summed E-state index contributed by atoms with van der Waals surface area (Å²) >= 11 is 0. The molecule has 0 bridgehead atoms. The molecule has 0 aromatic carbocycles. The first kappa shape index (κ1) is 43.3. The predicted octanol–water partition coefficient (Wildman–Crippen LogP) is 0.0777. The fourth-order valence-electron chi connectivity index (χ4n) is 0. The summed E-state index contributed by atoms with van der Waals surface area (Å²) in [5, 5.41) is 52.8. The van der Waals surface area contributed by atoms with Crippen molar-refractivity contribution in [2.75, 3.05) is 0 Å². The van der Waals surface area contributed by atoms with Crippen molar-refractivity contribution in [3.05, 3.63) is 0 Å². The second-order valence-corrected chi connectivity index (χ2v) is 4.64. The van der Waals surface area contributed by atoms with Crippen LogP contribution in [-0.2, 0) is 21.7 Å². The molecule has 0 saturated carbocycles. The molecule has 0 fully saturated rings. The number of hydrogen-bond acceptors (Lipinski definition) is 6. The van der Waals surface area contributed by atoms with Gasteiger partial charge in [-0.25, -0.2) is 0 Å². The van der Waals surface area contributed by atoms with Gasteiger partial charge in [-0.15, -0.1) is 24.4 Å². The van der Waals surface area contributed by atoms with Crippen LogP contribution in [0.15, 0.2) is 0 Å². The molecule has 0 spiro atoms. The second kappa shape index (κ2) is 49.6. The van der Waals surface area contributed by atoms with Crippen molar-refractivity contribution in [2.24, 2.45) is 0 Å². The third-order valence-electron chi connectivity index (χ3n) is 0. The molecule has 0 saturated heterocycles. The van der Waals surface area contributed by atoms with Crippen molar-refractivity contribution in [3.63, 3.8) is 0 Å². The van der Waals surface area contributed by atoms with Gasteiger partial charge in [-0.3, -0.25) is 0 Å². The monoisotopic (exact) mass is 366 g/mol. The van der Waals surface area contributed by atoms with E-state index in [0.717, 1.165) is 0 Å². The second-order valence-electron chi connectivity index (χ2n) is 4.64. The van der Waals surface area contributed by atoms with E-state index >= 15 is 0 Å². The Hall–Kier alpha value is -0.466. The number of nitrogens with zero attached hydrogens (tertiary/aromatic N) is 2. The van der Waals surface area contributed by atoms with Crippen LogP contribution in [0, 0.1) is 22.7 Å². The first-order chi connectivity index (χ1) is 9.76. The fourth-order valence-corrected chi connectivity index (χ4v) is 0. The third kappa shape index (κ3) is 37900. The van der Waals surface area contributed by atoms with E-state index in [1.165, 1.54) is 13.8 Å². The Morgan fingerprint density at radius 1 is 0.522 bits per heavy atom. The van der Waals surface area contributed by atoms with Crippen LogP contribution in [0.25, 0.3) is 0 Å². The van der Waals surface area contributed by atoms with E-state index in [1.54, 1.807) is 67.5 Å². The van der Waals surface area contributed by atoms with Gasteiger partial charge in [-0.1, -0.05) is 55.4 Å². The van der Waals surface area contributed by atoms with Crippen molar-refractivity contribution < 1.29 is 42.1 Å². The van der Waals surface area contributed by atoms with Crippen LogP contribution in [0.1, 0.15) is 69.2 Å². The van der Waals surface area contributed by atoms with Gasteiger partial charge in [-0.2, -0.15) is 10.5 Å². The maximum atomic E-state index is 9.53. The Kier molecular flexibility index (Phi) is 93.3. The van der Waals surface area contributed by atoms with Crippen LogP contribution in [-0.4, -0.2) is 24.4 Å². The SMILES string of the molecule is CC#N.CC#N.CC(C)[O-].CC(C)[O-].CC(C)[O-].CC(C)[O-].[Ti+4]. The zero-order valence-corrected chi connectivity index (χ0v) is 17.9. The minimum atomic E-state index is -0.417. The van der Waals surface area contributed by atoms with E-state index in [4.69, 9.17) is 10.5 Å². The van der Waals surface area contributed by atoms with Crippen LogP contribution in [0.3, 0.4) is 0 Å². The van der Waals surface area contributed by atoms with Gasteiger partial charge in [0.2, 0.25) is 0 Å². The van der Waals surface area contributed by atoms with Crippen molar-refractivity contribution in [1.82, 2.24) is 0 Å². The van der Waals surface area contributed by atoms with Gasteiger partial charge >= 0.3 is 21.7 Å². The molecular formula is C16H34N2O4Ti. The molecule has 0 aromatic rings. The quantitative estimate of drug-likeness (QED) is 0.556. The van der Waals surface area contributed by atoms with Crippen LogP contribution >= 0.6 is 0 Å². The molecule has 0 atom stereocenters. The van der Waals surface area contributed by atoms with Crippen molar-refractivity contribution >= 4 is 0 Å². The average Bonchev–Trinajstić information content (AvgIpc) is 2.13. The van der Waals surface area contributed by atoms with Gasteiger partial charge in [0.1, 0.15) is 0 Å². The van der Waals surface area contributed by atoms with Crippen LogP contribution in [0.4, 0.5) is 0 Å². The topological polar surface area (TPSA) is 140 Å². The minimum Gasteiger partial charge on any atom is -0.852 e. The molecule has 0 radical (unpaired) electrons. The normalized spacial score (nSPS) is 6.96. The largest absolute Gasteiger partial charge is 4.00 e. The van der Waals surface area contributed by atoms with Crippen molar-refractivity contribution in [3.8, 4) is 12.1 Å². The molecule has 6 nitrogen and oxygen atoms in total. The summed E-state index contributed by atoms with van der Waals surface area (Å²) in [4.78, 5) is 0. The molecule has 0 aliphatic rings. The first-order valence-electron chi connectivity index (χ1n) is 7.01. The molecule has 23 heavy (non-hydrogen) atoms. The summed E-state index contributed by atoms with van der Waals surface area (Å²) in [6.07, 6.45) is -1.67. The number of rotatable bonds is 0. The minimum absolute atomic E-state index is 0. The summed E-state index contributed by atoms with van der Waals surface area (Å²) in [5.74, 6) is 0. The smallest absolute Gasteiger partial charge is 0.852 e. The van der Waals surface area contributed by atoms with Gasteiger partial charge in [0.25, 0.3) is 0 Å². The maximum Gasteiger partial charge on any atom is 4.00 e. The van der Waals surface area contributed by atoms with Crippen LogP contribution in [0.2, 0.25) is 0 Å². The Balaban J connectivity index is -0.0000000266. The molecule has 0 heterocycles. The molecule has 0 unspecified atom stereocenters. The van der Waals surface area contributed by atoms with E-state index in [0.29, 0.717) is 0 Å². The Morgan fingerprint density at radius 3 is 0.522 bits per heavy atom. The van der Waals surface area contributed by atoms with Gasteiger partial charge in [0.05, 0.1) is 12.1 Å². The summed E-state index contributed by atoms with van der Waals surface area (Å²) in [6, 6.07) is 3.50. The van der Waals surface area contributed by atoms with E-state index < -0.39 is 24.4 Å².